The number of ether oxygens (including phenoxy) is 1. The summed E-state index contributed by atoms with van der Waals surface area (Å²) in [6.45, 7) is 1.78. The Morgan fingerprint density at radius 2 is 2.00 bits per heavy atom. The summed E-state index contributed by atoms with van der Waals surface area (Å²) in [5, 5.41) is 0.246. The maximum Gasteiger partial charge on any atom is 0.420 e. The number of carbonyl (C=O) groups excluding carboxylic acids is 1. The molecule has 0 radical (unpaired) electrons. The summed E-state index contributed by atoms with van der Waals surface area (Å²) in [6.07, 6.45) is 0.659. The zero-order chi connectivity index (χ0) is 20.3. The van der Waals surface area contributed by atoms with E-state index in [1.807, 2.05) is 6.92 Å². The van der Waals surface area contributed by atoms with E-state index in [9.17, 15) is 18.0 Å². The lowest BCUT2D eigenvalue weighted by molar-refractivity contribution is -0.144. The van der Waals surface area contributed by atoms with Crippen LogP contribution in [0.4, 0.5) is 5.69 Å². The lowest BCUT2D eigenvalue weighted by Gasteiger charge is -2.09. The van der Waals surface area contributed by atoms with Crippen LogP contribution in [0.3, 0.4) is 0 Å². The molecular formula is C18H17ClN2O6S. The van der Waals surface area contributed by atoms with Crippen molar-refractivity contribution < 1.29 is 22.4 Å². The van der Waals surface area contributed by atoms with Crippen molar-refractivity contribution in [3.63, 3.8) is 0 Å². The molecular weight excluding hydrogens is 408 g/mol. The van der Waals surface area contributed by atoms with Crippen LogP contribution in [-0.4, -0.2) is 25.6 Å². The molecule has 0 saturated carbocycles. The van der Waals surface area contributed by atoms with Crippen LogP contribution in [0, 0.1) is 0 Å². The molecule has 0 saturated heterocycles. The van der Waals surface area contributed by atoms with Crippen LogP contribution in [0.25, 0.3) is 11.1 Å². The Morgan fingerprint density at radius 1 is 1.25 bits per heavy atom. The van der Waals surface area contributed by atoms with Crippen LogP contribution in [-0.2, 0) is 26.1 Å². The minimum atomic E-state index is -3.96. The zero-order valence-corrected chi connectivity index (χ0v) is 16.4. The first-order valence-electron chi connectivity index (χ1n) is 8.38. The molecule has 3 aromatic rings. The molecule has 8 nitrogen and oxygen atoms in total. The van der Waals surface area contributed by atoms with Gasteiger partial charge in [-0.15, -0.1) is 0 Å². The first-order chi connectivity index (χ1) is 13.3. The standard InChI is InChI=1S/C18H17ClN2O6S/c1-2-9-26-17(22)11-21-15-8-7-12(10-16(15)27-18(21)23)28(24,25)20-14-6-4-3-5-13(14)19/h3-8,10,20H,2,9,11H2,1H3. The highest BCUT2D eigenvalue weighted by molar-refractivity contribution is 7.92. The number of benzene rings is 2. The fraction of sp³-hybridized carbons (Fsp3) is 0.222. The molecule has 0 atom stereocenters. The number of nitrogens with zero attached hydrogens (tertiary/aromatic N) is 1. The summed E-state index contributed by atoms with van der Waals surface area (Å²) in [5.41, 5.74) is 0.549. The van der Waals surface area contributed by atoms with Crippen LogP contribution in [0.5, 0.6) is 0 Å². The summed E-state index contributed by atoms with van der Waals surface area (Å²) in [6, 6.07) is 10.3. The number of esters is 1. The van der Waals surface area contributed by atoms with Gasteiger partial charge in [-0.25, -0.2) is 13.2 Å². The third-order valence-corrected chi connectivity index (χ3v) is 5.52. The third-order valence-electron chi connectivity index (χ3n) is 3.82. The molecule has 3 rings (SSSR count). The predicted octanol–water partition coefficient (Wildman–Crippen LogP) is 3.00. The van der Waals surface area contributed by atoms with Gasteiger partial charge >= 0.3 is 11.7 Å². The lowest BCUT2D eigenvalue weighted by Crippen LogP contribution is -2.21. The molecule has 0 amide bonds. The number of nitrogens with one attached hydrogen (secondary N) is 1. The summed E-state index contributed by atoms with van der Waals surface area (Å²) < 4.78 is 38.8. The van der Waals surface area contributed by atoms with E-state index in [-0.39, 0.29) is 39.9 Å². The normalized spacial score (nSPS) is 11.5. The van der Waals surface area contributed by atoms with Gasteiger partial charge in [-0.05, 0) is 30.7 Å². The molecule has 0 aliphatic heterocycles. The van der Waals surface area contributed by atoms with E-state index >= 15 is 0 Å². The van der Waals surface area contributed by atoms with Crippen molar-refractivity contribution in [1.29, 1.82) is 0 Å². The summed E-state index contributed by atoms with van der Waals surface area (Å²) in [5.74, 6) is -1.36. The van der Waals surface area contributed by atoms with Gasteiger partial charge in [0, 0.05) is 6.07 Å². The van der Waals surface area contributed by atoms with Crippen LogP contribution >= 0.6 is 11.6 Å². The molecule has 0 aliphatic rings. The number of halogens is 1. The number of sulfonamides is 1. The van der Waals surface area contributed by atoms with E-state index in [1.165, 1.54) is 24.3 Å². The molecule has 2 aromatic carbocycles. The van der Waals surface area contributed by atoms with Crippen molar-refractivity contribution in [2.24, 2.45) is 0 Å². The second-order valence-corrected chi connectivity index (χ2v) is 7.98. The number of rotatable bonds is 7. The van der Waals surface area contributed by atoms with Gasteiger partial charge in [0.25, 0.3) is 10.0 Å². The van der Waals surface area contributed by atoms with Crippen molar-refractivity contribution in [2.45, 2.75) is 24.8 Å². The van der Waals surface area contributed by atoms with Gasteiger partial charge < -0.3 is 9.15 Å². The number of anilines is 1. The maximum absolute atomic E-state index is 12.6. The second kappa shape index (κ2) is 8.07. The van der Waals surface area contributed by atoms with Gasteiger partial charge in [-0.3, -0.25) is 14.1 Å². The van der Waals surface area contributed by atoms with Gasteiger partial charge in [0.1, 0.15) is 6.54 Å². The SMILES string of the molecule is CCCOC(=O)Cn1c(=O)oc2cc(S(=O)(=O)Nc3ccccc3Cl)ccc21. The number of oxazole rings is 1. The van der Waals surface area contributed by atoms with Crippen LogP contribution in [0.1, 0.15) is 13.3 Å². The van der Waals surface area contributed by atoms with Crippen molar-refractivity contribution in [3.8, 4) is 0 Å². The highest BCUT2D eigenvalue weighted by Gasteiger charge is 2.20. The largest absolute Gasteiger partial charge is 0.464 e. The molecule has 1 N–H and O–H groups in total. The van der Waals surface area contributed by atoms with Crippen molar-refractivity contribution in [1.82, 2.24) is 4.57 Å². The van der Waals surface area contributed by atoms with Gasteiger partial charge in [-0.2, -0.15) is 0 Å². The van der Waals surface area contributed by atoms with Crippen molar-refractivity contribution >= 4 is 44.4 Å². The topological polar surface area (TPSA) is 108 Å². The van der Waals surface area contributed by atoms with Crippen molar-refractivity contribution in [3.05, 3.63) is 58.0 Å². The number of hydrogen-bond donors (Lipinski definition) is 1. The molecule has 0 bridgehead atoms. The van der Waals surface area contributed by atoms with E-state index in [1.54, 1.807) is 18.2 Å². The summed E-state index contributed by atoms with van der Waals surface area (Å²) in [7, 11) is -3.96. The fourth-order valence-electron chi connectivity index (χ4n) is 2.50. The number of para-hydroxylation sites is 1. The molecule has 28 heavy (non-hydrogen) atoms. The van der Waals surface area contributed by atoms with E-state index in [2.05, 4.69) is 4.72 Å². The first-order valence-corrected chi connectivity index (χ1v) is 10.2. The van der Waals surface area contributed by atoms with Crippen molar-refractivity contribution in [2.75, 3.05) is 11.3 Å². The average Bonchev–Trinajstić information content (AvgIpc) is 2.96. The molecule has 1 heterocycles. The highest BCUT2D eigenvalue weighted by atomic mass is 35.5. The Kier molecular flexibility index (Phi) is 5.76. The number of fused-ring (bicyclic) bond motifs is 1. The Bertz CT molecular complexity index is 1180. The van der Waals surface area contributed by atoms with Gasteiger partial charge in [0.2, 0.25) is 0 Å². The molecule has 0 aliphatic carbocycles. The molecule has 1 aromatic heterocycles. The minimum absolute atomic E-state index is 0.0373. The van der Waals surface area contributed by atoms with Gasteiger partial charge in [0.15, 0.2) is 5.58 Å². The van der Waals surface area contributed by atoms with E-state index in [0.717, 1.165) is 4.57 Å². The van der Waals surface area contributed by atoms with E-state index < -0.39 is 21.7 Å². The average molecular weight is 425 g/mol. The van der Waals surface area contributed by atoms with Crippen LogP contribution < -0.4 is 10.5 Å². The lowest BCUT2D eigenvalue weighted by atomic mass is 10.3. The minimum Gasteiger partial charge on any atom is -0.464 e. The summed E-state index contributed by atoms with van der Waals surface area (Å²) in [4.78, 5) is 23.7. The predicted molar refractivity (Wildman–Crippen MR) is 104 cm³/mol. The van der Waals surface area contributed by atoms with E-state index in [4.69, 9.17) is 20.8 Å². The zero-order valence-electron chi connectivity index (χ0n) is 14.8. The number of hydrogen-bond acceptors (Lipinski definition) is 6. The molecule has 0 fully saturated rings. The monoisotopic (exact) mass is 424 g/mol. The molecule has 0 unspecified atom stereocenters. The number of carbonyl (C=O) groups is 1. The van der Waals surface area contributed by atoms with E-state index in [0.29, 0.717) is 6.42 Å². The Morgan fingerprint density at radius 3 is 2.71 bits per heavy atom. The van der Waals surface area contributed by atoms with Crippen LogP contribution in [0.15, 0.2) is 56.6 Å². The Balaban J connectivity index is 1.92. The molecule has 148 valence electrons. The maximum atomic E-state index is 12.6. The Labute approximate surface area is 165 Å². The smallest absolute Gasteiger partial charge is 0.420 e. The van der Waals surface area contributed by atoms with Gasteiger partial charge in [-0.1, -0.05) is 30.7 Å². The van der Waals surface area contributed by atoms with Gasteiger partial charge in [0.05, 0.1) is 27.7 Å². The molecule has 10 heteroatoms. The third kappa shape index (κ3) is 4.20. The highest BCUT2D eigenvalue weighted by Crippen LogP contribution is 2.25. The Hall–Kier alpha value is -2.78. The second-order valence-electron chi connectivity index (χ2n) is 5.89. The fourth-order valence-corrected chi connectivity index (χ4v) is 3.84. The number of aromatic nitrogens is 1. The first kappa shape index (κ1) is 20.0. The van der Waals surface area contributed by atoms with Crippen LogP contribution in [0.2, 0.25) is 5.02 Å². The quantitative estimate of drug-likeness (QED) is 0.584. The summed E-state index contributed by atoms with van der Waals surface area (Å²) >= 11 is 5.99. The molecule has 0 spiro atoms.